The standard InChI is InChI=1S/C18H4Br2F12/c19-11-3-9-7(13(21,22)17(29,30)15(9,25)26)1-5(11)6-2-8-10(4-12(6)20)16(27,28)18(31,32)14(8,23)24/h1-4H. The molecule has 0 nitrogen and oxygen atoms in total. The minimum absolute atomic E-state index is 0.143. The van der Waals surface area contributed by atoms with Crippen molar-refractivity contribution >= 4 is 31.9 Å². The van der Waals surface area contributed by atoms with Gasteiger partial charge in [-0.15, -0.1) is 0 Å². The van der Waals surface area contributed by atoms with E-state index >= 15 is 0 Å². The van der Waals surface area contributed by atoms with Crippen LogP contribution in [0.2, 0.25) is 0 Å². The molecule has 32 heavy (non-hydrogen) atoms. The first kappa shape index (κ1) is 23.7. The van der Waals surface area contributed by atoms with Crippen LogP contribution in [0.25, 0.3) is 11.1 Å². The van der Waals surface area contributed by atoms with Crippen LogP contribution in [0.15, 0.2) is 33.2 Å². The summed E-state index contributed by atoms with van der Waals surface area (Å²) in [5, 5.41) is 0. The van der Waals surface area contributed by atoms with Gasteiger partial charge in [-0.3, -0.25) is 0 Å². The zero-order valence-electron chi connectivity index (χ0n) is 14.6. The SMILES string of the molecule is FC1(F)c2cc(Br)c(-c3cc4c(cc3Br)C(F)(F)C(F)(F)C4(F)F)cc2C(F)(F)C1(F)F. The second-order valence-electron chi connectivity index (χ2n) is 7.20. The van der Waals surface area contributed by atoms with E-state index in [4.69, 9.17) is 0 Å². The third kappa shape index (κ3) is 2.43. The minimum atomic E-state index is -5.83. The molecule has 0 radical (unpaired) electrons. The summed E-state index contributed by atoms with van der Waals surface area (Å²) >= 11 is 5.35. The molecule has 0 aliphatic heterocycles. The van der Waals surface area contributed by atoms with Crippen LogP contribution in [-0.4, -0.2) is 11.8 Å². The predicted molar refractivity (Wildman–Crippen MR) is 92.7 cm³/mol. The fourth-order valence-electron chi connectivity index (χ4n) is 3.67. The van der Waals surface area contributed by atoms with Gasteiger partial charge < -0.3 is 0 Å². The molecule has 0 N–H and O–H groups in total. The minimum Gasteiger partial charge on any atom is -0.194 e. The number of alkyl halides is 12. The van der Waals surface area contributed by atoms with E-state index < -0.39 is 77.9 Å². The summed E-state index contributed by atoms with van der Waals surface area (Å²) in [6.07, 6.45) is 0. The van der Waals surface area contributed by atoms with E-state index in [1.165, 1.54) is 0 Å². The number of fused-ring (bicyclic) bond motifs is 2. The van der Waals surface area contributed by atoms with Gasteiger partial charge in [0.15, 0.2) is 0 Å². The van der Waals surface area contributed by atoms with Crippen molar-refractivity contribution in [3.63, 3.8) is 0 Å². The fourth-order valence-corrected chi connectivity index (χ4v) is 4.78. The van der Waals surface area contributed by atoms with Crippen molar-refractivity contribution in [1.29, 1.82) is 0 Å². The third-order valence-electron chi connectivity index (χ3n) is 5.44. The van der Waals surface area contributed by atoms with Crippen LogP contribution >= 0.6 is 31.9 Å². The number of halogens is 14. The Hall–Kier alpha value is -1.44. The maximum absolute atomic E-state index is 14.1. The molecule has 0 fully saturated rings. The molecule has 4 rings (SSSR count). The summed E-state index contributed by atoms with van der Waals surface area (Å²) in [6.45, 7) is 0. The Balaban J connectivity index is 2.00. The summed E-state index contributed by atoms with van der Waals surface area (Å²) in [7, 11) is 0. The fraction of sp³-hybridized carbons (Fsp3) is 0.333. The van der Waals surface area contributed by atoms with Crippen LogP contribution in [0.3, 0.4) is 0 Å². The number of benzene rings is 2. The van der Waals surface area contributed by atoms with Crippen molar-refractivity contribution in [3.8, 4) is 11.1 Å². The predicted octanol–water partition coefficient (Wildman–Crippen LogP) is 8.54. The van der Waals surface area contributed by atoms with Gasteiger partial charge in [0.2, 0.25) is 0 Å². The molecule has 0 heterocycles. The second-order valence-corrected chi connectivity index (χ2v) is 8.91. The largest absolute Gasteiger partial charge is 0.380 e. The van der Waals surface area contributed by atoms with E-state index in [9.17, 15) is 52.7 Å². The molecule has 0 amide bonds. The van der Waals surface area contributed by atoms with E-state index in [-0.39, 0.29) is 24.3 Å². The molecule has 2 aliphatic rings. The quantitative estimate of drug-likeness (QED) is 0.285. The van der Waals surface area contributed by atoms with Gasteiger partial charge in [0.25, 0.3) is 0 Å². The van der Waals surface area contributed by atoms with Gasteiger partial charge in [0.05, 0.1) is 0 Å². The highest BCUT2D eigenvalue weighted by Gasteiger charge is 2.80. The average molecular weight is 608 g/mol. The van der Waals surface area contributed by atoms with Crippen molar-refractivity contribution in [1.82, 2.24) is 0 Å². The van der Waals surface area contributed by atoms with Gasteiger partial charge in [-0.05, 0) is 35.4 Å². The highest BCUT2D eigenvalue weighted by Crippen LogP contribution is 2.66. The monoisotopic (exact) mass is 606 g/mol. The van der Waals surface area contributed by atoms with Gasteiger partial charge >= 0.3 is 35.5 Å². The highest BCUT2D eigenvalue weighted by atomic mass is 79.9. The van der Waals surface area contributed by atoms with Crippen LogP contribution in [0.1, 0.15) is 22.3 Å². The lowest BCUT2D eigenvalue weighted by atomic mass is 9.96. The van der Waals surface area contributed by atoms with Gasteiger partial charge in [0.1, 0.15) is 0 Å². The molecule has 2 aromatic carbocycles. The first-order valence-corrected chi connectivity index (χ1v) is 9.79. The lowest BCUT2D eigenvalue weighted by Gasteiger charge is -2.23. The first-order valence-electron chi connectivity index (χ1n) is 8.21. The summed E-state index contributed by atoms with van der Waals surface area (Å²) < 4.78 is 166. The molecule has 0 unspecified atom stereocenters. The Morgan fingerprint density at radius 2 is 0.625 bits per heavy atom. The van der Waals surface area contributed by atoms with Crippen molar-refractivity contribution in [2.24, 2.45) is 0 Å². The molecule has 0 saturated carbocycles. The van der Waals surface area contributed by atoms with Gasteiger partial charge in [-0.1, -0.05) is 31.9 Å². The van der Waals surface area contributed by atoms with Gasteiger partial charge in [0, 0.05) is 31.2 Å². The Bertz CT molecular complexity index is 1080. The molecule has 0 aromatic heterocycles. The second kappa shape index (κ2) is 6.16. The van der Waals surface area contributed by atoms with E-state index in [0.29, 0.717) is 0 Å². The lowest BCUT2D eigenvalue weighted by Crippen LogP contribution is -2.43. The topological polar surface area (TPSA) is 0 Å². The molecular weight excluding hydrogens is 604 g/mol. The van der Waals surface area contributed by atoms with E-state index in [1.807, 2.05) is 0 Å². The summed E-state index contributed by atoms with van der Waals surface area (Å²) in [4.78, 5) is 0. The van der Waals surface area contributed by atoms with E-state index in [1.54, 1.807) is 0 Å². The molecular formula is C18H4Br2F12. The van der Waals surface area contributed by atoms with E-state index in [0.717, 1.165) is 0 Å². The van der Waals surface area contributed by atoms with Crippen LogP contribution in [0.5, 0.6) is 0 Å². The Kier molecular flexibility index (Phi) is 4.56. The van der Waals surface area contributed by atoms with Crippen LogP contribution in [0.4, 0.5) is 52.7 Å². The van der Waals surface area contributed by atoms with Crippen molar-refractivity contribution < 1.29 is 52.7 Å². The van der Waals surface area contributed by atoms with Crippen LogP contribution in [0, 0.1) is 0 Å². The smallest absolute Gasteiger partial charge is 0.194 e. The van der Waals surface area contributed by atoms with Gasteiger partial charge in [-0.2, -0.15) is 52.7 Å². The normalized spacial score (nSPS) is 24.8. The number of hydrogen-bond acceptors (Lipinski definition) is 0. The highest BCUT2D eigenvalue weighted by molar-refractivity contribution is 9.11. The molecule has 0 atom stereocenters. The van der Waals surface area contributed by atoms with Crippen molar-refractivity contribution in [2.75, 3.05) is 0 Å². The third-order valence-corrected chi connectivity index (χ3v) is 6.75. The summed E-state index contributed by atoms with van der Waals surface area (Å²) in [6, 6.07) is 0.704. The zero-order chi connectivity index (χ0) is 24.4. The Morgan fingerprint density at radius 3 is 0.875 bits per heavy atom. The molecule has 0 saturated heterocycles. The maximum Gasteiger partial charge on any atom is 0.380 e. The zero-order valence-corrected chi connectivity index (χ0v) is 17.8. The first-order chi connectivity index (χ1) is 14.2. The molecule has 174 valence electrons. The van der Waals surface area contributed by atoms with Crippen LogP contribution < -0.4 is 0 Å². The Morgan fingerprint density at radius 1 is 0.406 bits per heavy atom. The van der Waals surface area contributed by atoms with Crippen molar-refractivity contribution in [3.05, 3.63) is 55.5 Å². The van der Waals surface area contributed by atoms with Crippen LogP contribution in [-0.2, 0) is 23.7 Å². The van der Waals surface area contributed by atoms with Gasteiger partial charge in [-0.25, -0.2) is 0 Å². The molecule has 14 heteroatoms. The number of rotatable bonds is 1. The van der Waals surface area contributed by atoms with Crippen molar-refractivity contribution in [2.45, 2.75) is 35.5 Å². The Labute approximate surface area is 186 Å². The summed E-state index contributed by atoms with van der Waals surface area (Å²) in [5.41, 5.74) is -8.52. The molecule has 0 spiro atoms. The number of hydrogen-bond donors (Lipinski definition) is 0. The molecule has 2 aliphatic carbocycles. The summed E-state index contributed by atoms with van der Waals surface area (Å²) in [5.74, 6) is -33.0. The lowest BCUT2D eigenvalue weighted by molar-refractivity contribution is -0.302. The molecule has 2 aromatic rings. The average Bonchev–Trinajstić information content (AvgIpc) is 2.81. The van der Waals surface area contributed by atoms with E-state index in [2.05, 4.69) is 31.9 Å². The maximum atomic E-state index is 14.1. The molecule has 0 bridgehead atoms.